The van der Waals surface area contributed by atoms with Crippen molar-refractivity contribution < 1.29 is 22.6 Å². The zero-order valence-electron chi connectivity index (χ0n) is 8.80. The minimum atomic E-state index is -4.59. The molecule has 0 saturated carbocycles. The molecule has 0 aliphatic carbocycles. The van der Waals surface area contributed by atoms with E-state index in [4.69, 9.17) is 9.47 Å². The number of aromatic amines is 1. The molecule has 4 nitrogen and oxygen atoms in total. The summed E-state index contributed by atoms with van der Waals surface area (Å²) in [4.78, 5) is 13.8. The summed E-state index contributed by atoms with van der Waals surface area (Å²) in [5.41, 5.74) is -1.73. The molecule has 0 fully saturated rings. The van der Waals surface area contributed by atoms with Gasteiger partial charge in [0.2, 0.25) is 6.79 Å². The Balaban J connectivity index is 2.31. The van der Waals surface area contributed by atoms with Gasteiger partial charge in [0.05, 0.1) is 5.52 Å². The van der Waals surface area contributed by atoms with Gasteiger partial charge in [0, 0.05) is 17.5 Å². The minimum Gasteiger partial charge on any atom is -0.454 e. The van der Waals surface area contributed by atoms with Crippen LogP contribution in [0, 0.1) is 0 Å². The number of fused-ring (bicyclic) bond motifs is 2. The summed E-state index contributed by atoms with van der Waals surface area (Å²) in [6.07, 6.45) is -4.59. The topological polar surface area (TPSA) is 51.3 Å². The standard InChI is InChI=1S/C11H6F3NO3/c12-11(13,14)10-3-7(16)5-1-8-9(18-4-17-8)2-6(5)15-10/h1-3H,4H2,(H,15,16). The van der Waals surface area contributed by atoms with Gasteiger partial charge in [0.1, 0.15) is 5.69 Å². The van der Waals surface area contributed by atoms with Crippen molar-refractivity contribution in [2.24, 2.45) is 0 Å². The smallest absolute Gasteiger partial charge is 0.431 e. The molecule has 94 valence electrons. The Morgan fingerprint density at radius 2 is 1.78 bits per heavy atom. The summed E-state index contributed by atoms with van der Waals surface area (Å²) < 4.78 is 47.7. The Labute approximate surface area is 97.9 Å². The van der Waals surface area contributed by atoms with Gasteiger partial charge >= 0.3 is 6.18 Å². The molecule has 3 rings (SSSR count). The van der Waals surface area contributed by atoms with Crippen molar-refractivity contribution in [3.8, 4) is 11.5 Å². The van der Waals surface area contributed by atoms with Gasteiger partial charge < -0.3 is 14.5 Å². The molecule has 1 N–H and O–H groups in total. The third-order valence-electron chi connectivity index (χ3n) is 2.63. The van der Waals surface area contributed by atoms with Crippen molar-refractivity contribution in [3.05, 3.63) is 34.1 Å². The van der Waals surface area contributed by atoms with Crippen molar-refractivity contribution in [3.63, 3.8) is 0 Å². The Bertz CT molecular complexity index is 690. The predicted molar refractivity (Wildman–Crippen MR) is 55.7 cm³/mol. The number of hydrogen-bond acceptors (Lipinski definition) is 3. The SMILES string of the molecule is O=c1cc(C(F)(F)F)[nH]c2cc3c(cc12)OCO3. The second-order valence-corrected chi connectivity index (χ2v) is 3.80. The van der Waals surface area contributed by atoms with Crippen LogP contribution >= 0.6 is 0 Å². The van der Waals surface area contributed by atoms with E-state index < -0.39 is 17.3 Å². The summed E-state index contributed by atoms with van der Waals surface area (Å²) in [6.45, 7) is -0.00796. The Morgan fingerprint density at radius 3 is 2.44 bits per heavy atom. The number of pyridine rings is 1. The average Bonchev–Trinajstić information content (AvgIpc) is 2.72. The molecule has 7 heteroatoms. The molecule has 1 aromatic carbocycles. The number of ether oxygens (including phenoxy) is 2. The molecule has 1 aromatic heterocycles. The van der Waals surface area contributed by atoms with E-state index >= 15 is 0 Å². The van der Waals surface area contributed by atoms with E-state index in [1.54, 1.807) is 0 Å². The molecule has 0 amide bonds. The highest BCUT2D eigenvalue weighted by atomic mass is 19.4. The normalized spacial score (nSPS) is 14.2. The number of alkyl halides is 3. The van der Waals surface area contributed by atoms with Gasteiger partial charge in [-0.3, -0.25) is 4.79 Å². The molecule has 0 atom stereocenters. The fourth-order valence-electron chi connectivity index (χ4n) is 1.79. The highest BCUT2D eigenvalue weighted by Crippen LogP contribution is 2.35. The van der Waals surface area contributed by atoms with E-state index in [0.29, 0.717) is 17.6 Å². The lowest BCUT2D eigenvalue weighted by molar-refractivity contribution is -0.141. The van der Waals surface area contributed by atoms with E-state index in [0.717, 1.165) is 0 Å². The van der Waals surface area contributed by atoms with Crippen LogP contribution in [-0.4, -0.2) is 11.8 Å². The molecule has 0 spiro atoms. The van der Waals surface area contributed by atoms with E-state index in [2.05, 4.69) is 4.98 Å². The van der Waals surface area contributed by atoms with E-state index in [1.807, 2.05) is 0 Å². The second-order valence-electron chi connectivity index (χ2n) is 3.80. The maximum atomic E-state index is 12.5. The summed E-state index contributed by atoms with van der Waals surface area (Å²) in [7, 11) is 0. The molecule has 18 heavy (non-hydrogen) atoms. The van der Waals surface area contributed by atoms with Gasteiger partial charge in [-0.15, -0.1) is 0 Å². The van der Waals surface area contributed by atoms with Crippen LogP contribution in [0.2, 0.25) is 0 Å². The maximum absolute atomic E-state index is 12.5. The van der Waals surface area contributed by atoms with Gasteiger partial charge in [0.15, 0.2) is 16.9 Å². The summed E-state index contributed by atoms with van der Waals surface area (Å²) in [5.74, 6) is 0.672. The summed E-state index contributed by atoms with van der Waals surface area (Å²) in [5, 5.41) is 0.132. The fourth-order valence-corrected chi connectivity index (χ4v) is 1.79. The summed E-state index contributed by atoms with van der Waals surface area (Å²) >= 11 is 0. The first-order valence-corrected chi connectivity index (χ1v) is 4.99. The Morgan fingerprint density at radius 1 is 1.11 bits per heavy atom. The first-order valence-electron chi connectivity index (χ1n) is 4.99. The largest absolute Gasteiger partial charge is 0.454 e. The number of benzene rings is 1. The first kappa shape index (κ1) is 10.9. The van der Waals surface area contributed by atoms with Crippen molar-refractivity contribution in [1.82, 2.24) is 4.98 Å². The lowest BCUT2D eigenvalue weighted by Crippen LogP contribution is -2.13. The van der Waals surface area contributed by atoms with Crippen LogP contribution in [-0.2, 0) is 6.18 Å². The third kappa shape index (κ3) is 1.59. The number of aromatic nitrogens is 1. The van der Waals surface area contributed by atoms with E-state index in [1.165, 1.54) is 12.1 Å². The average molecular weight is 257 g/mol. The lowest BCUT2D eigenvalue weighted by Gasteiger charge is -2.08. The van der Waals surface area contributed by atoms with Crippen LogP contribution in [0.15, 0.2) is 23.0 Å². The molecule has 1 aliphatic heterocycles. The van der Waals surface area contributed by atoms with E-state index in [9.17, 15) is 18.0 Å². The van der Waals surface area contributed by atoms with Gasteiger partial charge in [-0.25, -0.2) is 0 Å². The highest BCUT2D eigenvalue weighted by Gasteiger charge is 2.32. The monoisotopic (exact) mass is 257 g/mol. The zero-order chi connectivity index (χ0) is 12.9. The second kappa shape index (κ2) is 3.41. The van der Waals surface area contributed by atoms with Crippen LogP contribution in [0.1, 0.15) is 5.69 Å². The van der Waals surface area contributed by atoms with Crippen LogP contribution in [0.3, 0.4) is 0 Å². The molecule has 1 aliphatic rings. The Hall–Kier alpha value is -2.18. The van der Waals surface area contributed by atoms with Crippen molar-refractivity contribution in [2.45, 2.75) is 6.18 Å². The van der Waals surface area contributed by atoms with Gasteiger partial charge in [-0.05, 0) is 6.07 Å². The van der Waals surface area contributed by atoms with Crippen molar-refractivity contribution in [1.29, 1.82) is 0 Å². The molecular weight excluding hydrogens is 251 g/mol. The predicted octanol–water partition coefficient (Wildman–Crippen LogP) is 2.28. The maximum Gasteiger partial charge on any atom is 0.431 e. The van der Waals surface area contributed by atoms with Crippen molar-refractivity contribution in [2.75, 3.05) is 6.79 Å². The Kier molecular flexibility index (Phi) is 2.07. The summed E-state index contributed by atoms with van der Waals surface area (Å²) in [6, 6.07) is 3.23. The third-order valence-corrected chi connectivity index (χ3v) is 2.63. The van der Waals surface area contributed by atoms with Crippen LogP contribution < -0.4 is 14.9 Å². The zero-order valence-corrected chi connectivity index (χ0v) is 8.80. The van der Waals surface area contributed by atoms with Crippen LogP contribution in [0.25, 0.3) is 10.9 Å². The number of halogens is 3. The quantitative estimate of drug-likeness (QED) is 0.787. The van der Waals surface area contributed by atoms with Gasteiger partial charge in [0.25, 0.3) is 0 Å². The molecule has 0 unspecified atom stereocenters. The molecule has 2 heterocycles. The van der Waals surface area contributed by atoms with Crippen molar-refractivity contribution >= 4 is 10.9 Å². The number of nitrogens with one attached hydrogen (secondary N) is 1. The fraction of sp³-hybridized carbons (Fsp3) is 0.182. The molecule has 0 bridgehead atoms. The number of hydrogen-bond donors (Lipinski definition) is 1. The minimum absolute atomic E-state index is 0.00796. The molecular formula is C11H6F3NO3. The number of rotatable bonds is 0. The molecule has 0 radical (unpaired) electrons. The lowest BCUT2D eigenvalue weighted by atomic mass is 10.1. The van der Waals surface area contributed by atoms with Gasteiger partial charge in [-0.2, -0.15) is 13.2 Å². The number of H-pyrrole nitrogens is 1. The van der Waals surface area contributed by atoms with Gasteiger partial charge in [-0.1, -0.05) is 0 Å². The van der Waals surface area contributed by atoms with Crippen LogP contribution in [0.5, 0.6) is 11.5 Å². The molecule has 0 saturated heterocycles. The van der Waals surface area contributed by atoms with Crippen LogP contribution in [0.4, 0.5) is 13.2 Å². The first-order chi connectivity index (χ1) is 8.45. The highest BCUT2D eigenvalue weighted by molar-refractivity contribution is 5.83. The van der Waals surface area contributed by atoms with E-state index in [-0.39, 0.29) is 17.7 Å². The molecule has 2 aromatic rings.